The molecule has 2 heterocycles. The van der Waals surface area contributed by atoms with Crippen LogP contribution in [0, 0.1) is 0 Å². The maximum atomic E-state index is 12.1. The number of carbonyl (C=O) groups excluding carboxylic acids is 1. The van der Waals surface area contributed by atoms with E-state index in [-0.39, 0.29) is 18.1 Å². The van der Waals surface area contributed by atoms with Crippen molar-refractivity contribution in [2.75, 3.05) is 0 Å². The van der Waals surface area contributed by atoms with Gasteiger partial charge in [-0.1, -0.05) is 26.1 Å². The van der Waals surface area contributed by atoms with Crippen LogP contribution in [0.3, 0.4) is 0 Å². The molecule has 0 unspecified atom stereocenters. The molecule has 0 N–H and O–H groups in total. The molecule has 0 radical (unpaired) electrons. The highest BCUT2D eigenvalue weighted by molar-refractivity contribution is 6.76. The average molecular weight is 283 g/mol. The molecule has 2 atom stereocenters. The van der Waals surface area contributed by atoms with E-state index in [1.165, 1.54) is 6.42 Å². The lowest BCUT2D eigenvalue weighted by Gasteiger charge is -2.37. The Hall–Kier alpha value is -0.393. The van der Waals surface area contributed by atoms with Crippen molar-refractivity contribution in [1.29, 1.82) is 0 Å². The second kappa shape index (κ2) is 4.57. The molecule has 3 rings (SSSR count). The second-order valence-electron chi connectivity index (χ2n) is 7.50. The molecule has 3 fully saturated rings. The van der Waals surface area contributed by atoms with Crippen LogP contribution in [0.25, 0.3) is 0 Å². The van der Waals surface area contributed by atoms with Gasteiger partial charge < -0.3 is 4.74 Å². The van der Waals surface area contributed by atoms with Crippen LogP contribution >= 0.6 is 0 Å². The number of rotatable bonds is 2. The molecule has 1 aliphatic carbocycles. The van der Waals surface area contributed by atoms with Crippen molar-refractivity contribution in [3.05, 3.63) is 0 Å². The number of esters is 1. The van der Waals surface area contributed by atoms with Gasteiger partial charge in [0.2, 0.25) is 0 Å². The SMILES string of the molecule is C[Si](C)(C)C[C@@H]1C[C@@H]2C(=O)OC3(CCCCC3)N2O1. The summed E-state index contributed by atoms with van der Waals surface area (Å²) in [5, 5.41) is 1.94. The van der Waals surface area contributed by atoms with Gasteiger partial charge in [0.05, 0.1) is 6.10 Å². The van der Waals surface area contributed by atoms with Crippen LogP contribution < -0.4 is 0 Å². The van der Waals surface area contributed by atoms with E-state index in [4.69, 9.17) is 9.57 Å². The molecule has 1 saturated carbocycles. The lowest BCUT2D eigenvalue weighted by molar-refractivity contribution is -0.267. The molecule has 0 aromatic heterocycles. The van der Waals surface area contributed by atoms with Crippen molar-refractivity contribution in [2.24, 2.45) is 0 Å². The number of hydrogen-bond acceptors (Lipinski definition) is 4. The molecule has 3 aliphatic rings. The molecule has 19 heavy (non-hydrogen) atoms. The number of fused-ring (bicyclic) bond motifs is 2. The first-order valence-corrected chi connectivity index (χ1v) is 11.3. The van der Waals surface area contributed by atoms with Gasteiger partial charge in [-0.2, -0.15) is 0 Å². The molecular formula is C14H25NO3Si. The van der Waals surface area contributed by atoms with E-state index in [0.717, 1.165) is 38.1 Å². The minimum absolute atomic E-state index is 0.0556. The molecule has 2 aliphatic heterocycles. The Balaban J connectivity index is 1.74. The Morgan fingerprint density at radius 1 is 1.26 bits per heavy atom. The van der Waals surface area contributed by atoms with Gasteiger partial charge in [0, 0.05) is 27.3 Å². The van der Waals surface area contributed by atoms with Crippen molar-refractivity contribution < 1.29 is 14.4 Å². The van der Waals surface area contributed by atoms with E-state index in [9.17, 15) is 4.79 Å². The van der Waals surface area contributed by atoms with Crippen LogP contribution in [0.2, 0.25) is 25.7 Å². The Labute approximate surface area is 116 Å². The topological polar surface area (TPSA) is 38.8 Å². The lowest BCUT2D eigenvalue weighted by Crippen LogP contribution is -2.47. The average Bonchev–Trinajstić information content (AvgIpc) is 2.80. The number of hydrogen-bond donors (Lipinski definition) is 0. The summed E-state index contributed by atoms with van der Waals surface area (Å²) in [6.07, 6.45) is 6.45. The molecule has 108 valence electrons. The number of carbonyl (C=O) groups is 1. The first kappa shape index (κ1) is 13.6. The summed E-state index contributed by atoms with van der Waals surface area (Å²) in [5.74, 6) is -0.0556. The molecule has 2 saturated heterocycles. The van der Waals surface area contributed by atoms with Gasteiger partial charge in [0.15, 0.2) is 5.72 Å². The number of ether oxygens (including phenoxy) is 1. The summed E-state index contributed by atoms with van der Waals surface area (Å²) in [4.78, 5) is 18.3. The quantitative estimate of drug-likeness (QED) is 0.577. The van der Waals surface area contributed by atoms with Crippen LogP contribution in [0.4, 0.5) is 0 Å². The molecule has 4 nitrogen and oxygen atoms in total. The van der Waals surface area contributed by atoms with E-state index in [1.807, 2.05) is 5.06 Å². The predicted molar refractivity (Wildman–Crippen MR) is 75.2 cm³/mol. The monoisotopic (exact) mass is 283 g/mol. The molecule has 0 bridgehead atoms. The Kier molecular flexibility index (Phi) is 3.27. The van der Waals surface area contributed by atoms with E-state index in [0.29, 0.717) is 0 Å². The fourth-order valence-corrected chi connectivity index (χ4v) is 5.33. The standard InChI is InChI=1S/C14H25NO3Si/c1-19(2,3)10-11-9-12-13(16)17-14(15(12)18-11)7-5-4-6-8-14/h11-12H,4-10H2,1-3H3/t11-,12+/m0/s1. The first-order chi connectivity index (χ1) is 8.90. The highest BCUT2D eigenvalue weighted by atomic mass is 28.3. The fourth-order valence-electron chi connectivity index (χ4n) is 3.72. The normalized spacial score (nSPS) is 34.6. The summed E-state index contributed by atoms with van der Waals surface area (Å²) >= 11 is 0. The highest BCUT2D eigenvalue weighted by Crippen LogP contribution is 2.46. The third-order valence-corrected chi connectivity index (χ3v) is 6.15. The Morgan fingerprint density at radius 2 is 1.95 bits per heavy atom. The Bertz CT molecular complexity index is 373. The molecule has 0 aromatic rings. The summed E-state index contributed by atoms with van der Waals surface area (Å²) in [5.41, 5.74) is -0.422. The molecule has 0 amide bonds. The minimum Gasteiger partial charge on any atom is -0.440 e. The molecule has 1 spiro atoms. The Morgan fingerprint density at radius 3 is 2.58 bits per heavy atom. The third-order valence-electron chi connectivity index (χ3n) is 4.47. The number of nitrogens with zero attached hydrogens (tertiary/aromatic N) is 1. The summed E-state index contributed by atoms with van der Waals surface area (Å²) in [6.45, 7) is 7.07. The van der Waals surface area contributed by atoms with Gasteiger partial charge in [0.25, 0.3) is 0 Å². The van der Waals surface area contributed by atoms with Gasteiger partial charge in [-0.05, 0) is 18.9 Å². The third kappa shape index (κ3) is 2.48. The smallest absolute Gasteiger partial charge is 0.327 e. The van der Waals surface area contributed by atoms with Crippen molar-refractivity contribution in [3.8, 4) is 0 Å². The van der Waals surface area contributed by atoms with Crippen LogP contribution in [-0.2, 0) is 14.4 Å². The van der Waals surface area contributed by atoms with E-state index in [1.54, 1.807) is 0 Å². The van der Waals surface area contributed by atoms with Crippen LogP contribution in [0.15, 0.2) is 0 Å². The molecule has 0 aromatic carbocycles. The van der Waals surface area contributed by atoms with Gasteiger partial charge in [-0.25, -0.2) is 0 Å². The van der Waals surface area contributed by atoms with Crippen LogP contribution in [0.5, 0.6) is 0 Å². The summed E-state index contributed by atoms with van der Waals surface area (Å²) in [7, 11) is -1.16. The predicted octanol–water partition coefficient (Wildman–Crippen LogP) is 2.92. The van der Waals surface area contributed by atoms with Gasteiger partial charge in [0.1, 0.15) is 6.04 Å². The van der Waals surface area contributed by atoms with Crippen molar-refractivity contribution in [1.82, 2.24) is 5.06 Å². The largest absolute Gasteiger partial charge is 0.440 e. The summed E-state index contributed by atoms with van der Waals surface area (Å²) in [6, 6.07) is 0.989. The van der Waals surface area contributed by atoms with Crippen LogP contribution in [0.1, 0.15) is 38.5 Å². The zero-order valence-corrected chi connectivity index (χ0v) is 13.3. The van der Waals surface area contributed by atoms with E-state index < -0.39 is 13.8 Å². The van der Waals surface area contributed by atoms with Crippen molar-refractivity contribution >= 4 is 14.0 Å². The van der Waals surface area contributed by atoms with Crippen molar-refractivity contribution in [3.63, 3.8) is 0 Å². The second-order valence-corrected chi connectivity index (χ2v) is 13.0. The van der Waals surface area contributed by atoms with Gasteiger partial charge in [-0.3, -0.25) is 9.63 Å². The fraction of sp³-hybridized carbons (Fsp3) is 0.929. The summed E-state index contributed by atoms with van der Waals surface area (Å²) < 4.78 is 5.71. The number of hydroxylamine groups is 2. The first-order valence-electron chi connectivity index (χ1n) is 7.59. The minimum atomic E-state index is -1.16. The highest BCUT2D eigenvalue weighted by Gasteiger charge is 2.59. The zero-order valence-electron chi connectivity index (χ0n) is 12.3. The van der Waals surface area contributed by atoms with Gasteiger partial charge in [-0.15, -0.1) is 5.06 Å². The maximum absolute atomic E-state index is 12.1. The van der Waals surface area contributed by atoms with E-state index in [2.05, 4.69) is 19.6 Å². The van der Waals surface area contributed by atoms with E-state index >= 15 is 0 Å². The molecular weight excluding hydrogens is 258 g/mol. The molecule has 5 heteroatoms. The lowest BCUT2D eigenvalue weighted by atomic mass is 9.91. The zero-order chi connectivity index (χ0) is 13.7. The van der Waals surface area contributed by atoms with Crippen LogP contribution in [-0.4, -0.2) is 37.0 Å². The van der Waals surface area contributed by atoms with Gasteiger partial charge >= 0.3 is 5.97 Å². The van der Waals surface area contributed by atoms with Crippen molar-refractivity contribution in [2.45, 2.75) is 82.1 Å². The maximum Gasteiger partial charge on any atom is 0.327 e.